The molecular formula is C60H39N7. The van der Waals surface area contributed by atoms with Gasteiger partial charge in [0.2, 0.25) is 0 Å². The SMILES string of the molecule is c1ccc(-c2cc(-c3nc(-c4ccccc4)nc(-c4ccccc4)n3)cc(-n3c4ccccc4c4c3ccc3c5c(nc(-c6ccccc6)n5-c5ccccc5)n(-c5ccccc5)c34)c2)cc1. The van der Waals surface area contributed by atoms with Gasteiger partial charge in [-0.1, -0.05) is 176 Å². The zero-order chi connectivity index (χ0) is 44.3. The lowest BCUT2D eigenvalue weighted by molar-refractivity contribution is 1.07. The number of hydrogen-bond acceptors (Lipinski definition) is 4. The minimum atomic E-state index is 0.595. The molecule has 0 saturated carbocycles. The van der Waals surface area contributed by atoms with E-state index in [9.17, 15) is 0 Å². The molecule has 0 N–H and O–H groups in total. The predicted molar refractivity (Wildman–Crippen MR) is 273 cm³/mol. The van der Waals surface area contributed by atoms with E-state index in [1.807, 2.05) is 60.7 Å². The maximum absolute atomic E-state index is 5.57. The van der Waals surface area contributed by atoms with Crippen molar-refractivity contribution in [1.82, 2.24) is 33.6 Å². The first-order chi connectivity index (χ1) is 33.2. The molecule has 0 radical (unpaired) electrons. The Hall–Kier alpha value is -9.20. The van der Waals surface area contributed by atoms with Gasteiger partial charge in [-0.3, -0.25) is 9.13 Å². The van der Waals surface area contributed by atoms with Gasteiger partial charge in [-0.2, -0.15) is 0 Å². The summed E-state index contributed by atoms with van der Waals surface area (Å²) in [5.74, 6) is 2.72. The molecule has 0 aliphatic carbocycles. The maximum Gasteiger partial charge on any atom is 0.165 e. The summed E-state index contributed by atoms with van der Waals surface area (Å²) < 4.78 is 7.09. The summed E-state index contributed by atoms with van der Waals surface area (Å²) in [6, 6.07) is 82.6. The van der Waals surface area contributed by atoms with Gasteiger partial charge in [-0.15, -0.1) is 0 Å². The van der Waals surface area contributed by atoms with Crippen LogP contribution in [0.3, 0.4) is 0 Å². The Bertz CT molecular complexity index is 3880. The van der Waals surface area contributed by atoms with Gasteiger partial charge in [0.1, 0.15) is 11.3 Å². The Kier molecular flexibility index (Phi) is 9.03. The summed E-state index contributed by atoms with van der Waals surface area (Å²) in [4.78, 5) is 21.0. The fourth-order valence-corrected chi connectivity index (χ4v) is 9.70. The average Bonchev–Trinajstić information content (AvgIpc) is 4.07. The Balaban J connectivity index is 1.12. The number of hydrogen-bond donors (Lipinski definition) is 0. The first kappa shape index (κ1) is 38.3. The molecule has 0 aliphatic rings. The van der Waals surface area contributed by atoms with Gasteiger partial charge >= 0.3 is 0 Å². The van der Waals surface area contributed by atoms with Crippen LogP contribution in [0.5, 0.6) is 0 Å². The molecule has 9 aromatic carbocycles. The highest BCUT2D eigenvalue weighted by atomic mass is 15.2. The zero-order valence-corrected chi connectivity index (χ0v) is 36.1. The summed E-state index contributed by atoms with van der Waals surface area (Å²) >= 11 is 0. The summed E-state index contributed by atoms with van der Waals surface area (Å²) in [5, 5.41) is 3.39. The van der Waals surface area contributed by atoms with Gasteiger partial charge in [0.25, 0.3) is 0 Å². The van der Waals surface area contributed by atoms with Crippen LogP contribution >= 0.6 is 0 Å². The topological polar surface area (TPSA) is 66.3 Å². The summed E-state index contributed by atoms with van der Waals surface area (Å²) in [6.07, 6.45) is 0. The number of nitrogens with zero attached hydrogens (tertiary/aromatic N) is 7. The van der Waals surface area contributed by atoms with Crippen molar-refractivity contribution in [3.8, 4) is 73.7 Å². The first-order valence-corrected chi connectivity index (χ1v) is 22.5. The fraction of sp³-hybridized carbons (Fsp3) is 0. The highest BCUT2D eigenvalue weighted by molar-refractivity contribution is 6.25. The van der Waals surface area contributed by atoms with E-state index in [4.69, 9.17) is 19.9 Å². The van der Waals surface area contributed by atoms with Gasteiger partial charge in [0.05, 0.1) is 16.6 Å². The molecule has 0 aliphatic heterocycles. The number of fused-ring (bicyclic) bond motifs is 7. The van der Waals surface area contributed by atoms with Crippen LogP contribution < -0.4 is 0 Å². The molecule has 13 aromatic rings. The minimum absolute atomic E-state index is 0.595. The van der Waals surface area contributed by atoms with Crippen molar-refractivity contribution >= 4 is 43.9 Å². The second-order valence-electron chi connectivity index (χ2n) is 16.7. The number of benzene rings is 9. The number of para-hydroxylation sites is 3. The number of aromatic nitrogens is 7. The summed E-state index contributed by atoms with van der Waals surface area (Å²) in [5.41, 5.74) is 14.2. The van der Waals surface area contributed by atoms with Gasteiger partial charge in [-0.05, 0) is 71.8 Å². The van der Waals surface area contributed by atoms with E-state index in [0.717, 1.165) is 100 Å². The molecule has 0 saturated heterocycles. The van der Waals surface area contributed by atoms with Crippen molar-refractivity contribution in [2.24, 2.45) is 0 Å². The van der Waals surface area contributed by atoms with E-state index in [1.165, 1.54) is 0 Å². The Morgan fingerprint density at radius 3 is 1.34 bits per heavy atom. The highest BCUT2D eigenvalue weighted by Crippen LogP contribution is 2.44. The van der Waals surface area contributed by atoms with Gasteiger partial charge in [0.15, 0.2) is 23.1 Å². The third kappa shape index (κ3) is 6.44. The number of imidazole rings is 1. The third-order valence-corrected chi connectivity index (χ3v) is 12.7. The molecule has 4 aromatic heterocycles. The van der Waals surface area contributed by atoms with Gasteiger partial charge in [0, 0.05) is 55.5 Å². The van der Waals surface area contributed by atoms with Crippen LogP contribution in [0.15, 0.2) is 237 Å². The van der Waals surface area contributed by atoms with Crippen molar-refractivity contribution in [2.75, 3.05) is 0 Å². The zero-order valence-electron chi connectivity index (χ0n) is 36.1. The van der Waals surface area contributed by atoms with E-state index in [1.54, 1.807) is 0 Å². The first-order valence-electron chi connectivity index (χ1n) is 22.5. The molecule has 7 heteroatoms. The van der Waals surface area contributed by atoms with Crippen LogP contribution in [0.1, 0.15) is 0 Å². The molecule has 0 unspecified atom stereocenters. The Labute approximate surface area is 386 Å². The lowest BCUT2D eigenvalue weighted by atomic mass is 10.0. The summed E-state index contributed by atoms with van der Waals surface area (Å²) in [7, 11) is 0. The molecule has 0 amide bonds. The molecule has 314 valence electrons. The summed E-state index contributed by atoms with van der Waals surface area (Å²) in [6.45, 7) is 0. The normalized spacial score (nSPS) is 11.6. The van der Waals surface area contributed by atoms with Gasteiger partial charge in [-0.25, -0.2) is 19.9 Å². The largest absolute Gasteiger partial charge is 0.309 e. The standard InChI is InChI=1S/C60H39N7/c1-7-21-40(22-8-1)44-37-45(58-62-56(41-23-9-2-10-24-41)61-57(63-58)42-25-11-3-12-26-42)39-48(38-44)65-51-34-20-19-33-49(51)53-52(65)36-35-50-54(53)66(46-29-15-5-16-30-46)60-55(50)67(47-31-17-6-18-32-47)59(64-60)43-27-13-4-14-28-43/h1-39H. The van der Waals surface area contributed by atoms with E-state index < -0.39 is 0 Å². The van der Waals surface area contributed by atoms with Crippen LogP contribution in [0.25, 0.3) is 118 Å². The molecule has 0 fully saturated rings. The molecule has 0 bridgehead atoms. The van der Waals surface area contributed by atoms with Crippen LogP contribution in [0.2, 0.25) is 0 Å². The van der Waals surface area contributed by atoms with E-state index in [-0.39, 0.29) is 0 Å². The smallest absolute Gasteiger partial charge is 0.165 e. The lowest BCUT2D eigenvalue weighted by Crippen LogP contribution is -2.02. The fourth-order valence-electron chi connectivity index (χ4n) is 9.70. The van der Waals surface area contributed by atoms with Crippen LogP contribution in [0.4, 0.5) is 0 Å². The van der Waals surface area contributed by atoms with E-state index in [0.29, 0.717) is 17.5 Å². The Morgan fingerprint density at radius 2 is 0.746 bits per heavy atom. The molecule has 13 rings (SSSR count). The third-order valence-electron chi connectivity index (χ3n) is 12.7. The molecule has 67 heavy (non-hydrogen) atoms. The predicted octanol–water partition coefficient (Wildman–Crippen LogP) is 14.6. The van der Waals surface area contributed by atoms with Crippen molar-refractivity contribution in [1.29, 1.82) is 0 Å². The maximum atomic E-state index is 5.57. The lowest BCUT2D eigenvalue weighted by Gasteiger charge is -2.15. The van der Waals surface area contributed by atoms with Crippen molar-refractivity contribution in [2.45, 2.75) is 0 Å². The molecule has 7 nitrogen and oxygen atoms in total. The molecule has 4 heterocycles. The van der Waals surface area contributed by atoms with Crippen LogP contribution in [-0.4, -0.2) is 33.6 Å². The van der Waals surface area contributed by atoms with E-state index in [2.05, 4.69) is 190 Å². The average molecular weight is 858 g/mol. The molecular weight excluding hydrogens is 819 g/mol. The minimum Gasteiger partial charge on any atom is -0.309 e. The monoisotopic (exact) mass is 857 g/mol. The molecule has 0 atom stereocenters. The van der Waals surface area contributed by atoms with Crippen molar-refractivity contribution < 1.29 is 0 Å². The van der Waals surface area contributed by atoms with Crippen molar-refractivity contribution in [3.05, 3.63) is 237 Å². The second kappa shape index (κ2) is 15.8. The molecule has 0 spiro atoms. The van der Waals surface area contributed by atoms with Crippen molar-refractivity contribution in [3.63, 3.8) is 0 Å². The van der Waals surface area contributed by atoms with Gasteiger partial charge < -0.3 is 4.57 Å². The number of rotatable bonds is 8. The second-order valence-corrected chi connectivity index (χ2v) is 16.7. The van der Waals surface area contributed by atoms with Crippen LogP contribution in [0, 0.1) is 0 Å². The quantitative estimate of drug-likeness (QED) is 0.153. The van der Waals surface area contributed by atoms with E-state index >= 15 is 0 Å². The highest BCUT2D eigenvalue weighted by Gasteiger charge is 2.27. The Morgan fingerprint density at radius 1 is 0.269 bits per heavy atom. The van der Waals surface area contributed by atoms with Crippen LogP contribution in [-0.2, 0) is 0 Å².